The van der Waals surface area contributed by atoms with Crippen molar-refractivity contribution in [3.8, 4) is 0 Å². The lowest BCUT2D eigenvalue weighted by atomic mass is 10.1. The zero-order chi connectivity index (χ0) is 9.19. The summed E-state index contributed by atoms with van der Waals surface area (Å²) in [5, 5.41) is 2.53. The summed E-state index contributed by atoms with van der Waals surface area (Å²) in [5.41, 5.74) is -0.549. The Labute approximate surface area is 79.9 Å². The zero-order valence-electron chi connectivity index (χ0n) is 6.80. The van der Waals surface area contributed by atoms with E-state index < -0.39 is 5.54 Å². The van der Waals surface area contributed by atoms with E-state index in [1.165, 1.54) is 11.3 Å². The lowest BCUT2D eigenvalue weighted by Crippen LogP contribution is -2.11. The molecule has 0 fully saturated rings. The van der Waals surface area contributed by atoms with Crippen molar-refractivity contribution in [3.05, 3.63) is 21.3 Å². The standard InChI is InChI=1S/C8H8ClNOS/c1-8(2,10-5-11)7-6(9)3-4-12-7/h3-4H,1-2H3. The molecule has 0 saturated carbocycles. The van der Waals surface area contributed by atoms with Gasteiger partial charge < -0.3 is 0 Å². The first kappa shape index (κ1) is 9.46. The van der Waals surface area contributed by atoms with Crippen LogP contribution < -0.4 is 0 Å². The summed E-state index contributed by atoms with van der Waals surface area (Å²) in [5.74, 6) is 0. The van der Waals surface area contributed by atoms with Gasteiger partial charge in [-0.05, 0) is 25.3 Å². The topological polar surface area (TPSA) is 29.4 Å². The smallest absolute Gasteiger partial charge is 0.211 e. The lowest BCUT2D eigenvalue weighted by molar-refractivity contribution is 0.528. The monoisotopic (exact) mass is 201 g/mol. The molecule has 2 nitrogen and oxygen atoms in total. The molecule has 0 spiro atoms. The third-order valence-corrected chi connectivity index (χ3v) is 3.15. The van der Waals surface area contributed by atoms with Crippen molar-refractivity contribution in [1.82, 2.24) is 0 Å². The molecule has 0 aliphatic rings. The van der Waals surface area contributed by atoms with Gasteiger partial charge in [0.05, 0.1) is 9.90 Å². The molecule has 1 aromatic heterocycles. The van der Waals surface area contributed by atoms with Crippen LogP contribution in [0.4, 0.5) is 0 Å². The molecule has 12 heavy (non-hydrogen) atoms. The van der Waals surface area contributed by atoms with E-state index in [2.05, 4.69) is 4.99 Å². The second kappa shape index (κ2) is 3.40. The van der Waals surface area contributed by atoms with Crippen molar-refractivity contribution in [2.24, 2.45) is 4.99 Å². The van der Waals surface area contributed by atoms with E-state index in [9.17, 15) is 4.79 Å². The first-order chi connectivity index (χ1) is 5.58. The molecule has 0 unspecified atom stereocenters. The predicted molar refractivity (Wildman–Crippen MR) is 50.5 cm³/mol. The molecule has 4 heteroatoms. The predicted octanol–water partition coefficient (Wildman–Crippen LogP) is 2.97. The van der Waals surface area contributed by atoms with E-state index in [4.69, 9.17) is 11.6 Å². The van der Waals surface area contributed by atoms with Crippen LogP contribution in [-0.4, -0.2) is 6.08 Å². The Morgan fingerprint density at radius 2 is 2.33 bits per heavy atom. The Morgan fingerprint density at radius 1 is 1.67 bits per heavy atom. The van der Waals surface area contributed by atoms with Crippen LogP contribution in [0.1, 0.15) is 18.7 Å². The van der Waals surface area contributed by atoms with Crippen molar-refractivity contribution >= 4 is 29.0 Å². The van der Waals surface area contributed by atoms with Crippen LogP contribution >= 0.6 is 22.9 Å². The van der Waals surface area contributed by atoms with Gasteiger partial charge in [0.15, 0.2) is 0 Å². The molecule has 0 amide bonds. The Hall–Kier alpha value is -0.630. The molecule has 0 radical (unpaired) electrons. The first-order valence-electron chi connectivity index (χ1n) is 3.40. The molecule has 1 heterocycles. The Bertz CT molecular complexity index is 326. The molecular formula is C8H8ClNOS. The van der Waals surface area contributed by atoms with Gasteiger partial charge in [-0.2, -0.15) is 4.99 Å². The summed E-state index contributed by atoms with van der Waals surface area (Å²) in [6.45, 7) is 3.66. The normalized spacial score (nSPS) is 10.9. The lowest BCUT2D eigenvalue weighted by Gasteiger charge is -2.15. The van der Waals surface area contributed by atoms with E-state index in [1.54, 1.807) is 12.1 Å². The maximum absolute atomic E-state index is 10.1. The van der Waals surface area contributed by atoms with Gasteiger partial charge in [0, 0.05) is 0 Å². The van der Waals surface area contributed by atoms with Crippen molar-refractivity contribution in [2.75, 3.05) is 0 Å². The van der Waals surface area contributed by atoms with E-state index in [0.717, 1.165) is 4.88 Å². The second-order valence-electron chi connectivity index (χ2n) is 2.86. The Balaban J connectivity index is 3.12. The highest BCUT2D eigenvalue weighted by Gasteiger charge is 2.23. The van der Waals surface area contributed by atoms with Crippen LogP contribution in [0.2, 0.25) is 5.02 Å². The highest BCUT2D eigenvalue weighted by Crippen LogP contribution is 2.34. The molecule has 1 rings (SSSR count). The summed E-state index contributed by atoms with van der Waals surface area (Å²) >= 11 is 7.37. The van der Waals surface area contributed by atoms with E-state index in [-0.39, 0.29) is 0 Å². The third kappa shape index (κ3) is 1.75. The maximum atomic E-state index is 10.1. The molecule has 0 N–H and O–H groups in total. The highest BCUT2D eigenvalue weighted by molar-refractivity contribution is 7.10. The van der Waals surface area contributed by atoms with E-state index >= 15 is 0 Å². The average Bonchev–Trinajstić information content (AvgIpc) is 2.35. The fraction of sp³-hybridized carbons (Fsp3) is 0.375. The maximum Gasteiger partial charge on any atom is 0.235 e. The average molecular weight is 202 g/mol. The molecule has 1 aromatic rings. The van der Waals surface area contributed by atoms with Crippen molar-refractivity contribution in [3.63, 3.8) is 0 Å². The number of aliphatic imine (C=N–C) groups is 1. The van der Waals surface area contributed by atoms with Crippen LogP contribution in [0, 0.1) is 0 Å². The molecular weight excluding hydrogens is 194 g/mol. The molecule has 0 aliphatic carbocycles. The fourth-order valence-electron chi connectivity index (χ4n) is 0.895. The van der Waals surface area contributed by atoms with Gasteiger partial charge in [0.25, 0.3) is 0 Å². The minimum absolute atomic E-state index is 0.549. The molecule has 0 aliphatic heterocycles. The summed E-state index contributed by atoms with van der Waals surface area (Å²) in [6.07, 6.45) is 1.55. The number of carbonyl (C=O) groups excluding carboxylic acids is 1. The third-order valence-electron chi connectivity index (χ3n) is 1.50. The molecule has 0 saturated heterocycles. The molecule has 64 valence electrons. The number of hydrogen-bond donors (Lipinski definition) is 0. The SMILES string of the molecule is CC(C)(N=C=O)c1sccc1Cl. The zero-order valence-corrected chi connectivity index (χ0v) is 8.37. The summed E-state index contributed by atoms with van der Waals surface area (Å²) in [7, 11) is 0. The number of isocyanates is 1. The van der Waals surface area contributed by atoms with Crippen LogP contribution in [0.25, 0.3) is 0 Å². The van der Waals surface area contributed by atoms with Gasteiger partial charge >= 0.3 is 0 Å². The number of rotatable bonds is 2. The van der Waals surface area contributed by atoms with Gasteiger partial charge in [-0.15, -0.1) is 11.3 Å². The van der Waals surface area contributed by atoms with Gasteiger partial charge in [0.2, 0.25) is 6.08 Å². The van der Waals surface area contributed by atoms with Crippen molar-refractivity contribution < 1.29 is 4.79 Å². The van der Waals surface area contributed by atoms with Gasteiger partial charge in [-0.3, -0.25) is 0 Å². The van der Waals surface area contributed by atoms with Crippen molar-refractivity contribution in [2.45, 2.75) is 19.4 Å². The summed E-state index contributed by atoms with van der Waals surface area (Å²) in [6, 6.07) is 1.80. The largest absolute Gasteiger partial charge is 0.235 e. The Kier molecular flexibility index (Phi) is 2.68. The summed E-state index contributed by atoms with van der Waals surface area (Å²) < 4.78 is 0. The van der Waals surface area contributed by atoms with Crippen LogP contribution in [-0.2, 0) is 10.3 Å². The number of hydrogen-bond acceptors (Lipinski definition) is 3. The number of nitrogens with zero attached hydrogens (tertiary/aromatic N) is 1. The first-order valence-corrected chi connectivity index (χ1v) is 4.66. The molecule has 0 bridgehead atoms. The molecule has 0 aromatic carbocycles. The second-order valence-corrected chi connectivity index (χ2v) is 4.18. The van der Waals surface area contributed by atoms with Gasteiger partial charge in [0.1, 0.15) is 5.54 Å². The molecule has 0 atom stereocenters. The van der Waals surface area contributed by atoms with Crippen molar-refractivity contribution in [1.29, 1.82) is 0 Å². The van der Waals surface area contributed by atoms with Crippen LogP contribution in [0.5, 0.6) is 0 Å². The van der Waals surface area contributed by atoms with E-state index in [0.29, 0.717) is 5.02 Å². The van der Waals surface area contributed by atoms with Gasteiger partial charge in [-0.1, -0.05) is 11.6 Å². The van der Waals surface area contributed by atoms with E-state index in [1.807, 2.05) is 19.2 Å². The van der Waals surface area contributed by atoms with Crippen LogP contribution in [0.3, 0.4) is 0 Å². The number of halogens is 1. The highest BCUT2D eigenvalue weighted by atomic mass is 35.5. The minimum atomic E-state index is -0.549. The Morgan fingerprint density at radius 3 is 2.75 bits per heavy atom. The quantitative estimate of drug-likeness (QED) is 0.534. The van der Waals surface area contributed by atoms with Gasteiger partial charge in [-0.25, -0.2) is 4.79 Å². The summed E-state index contributed by atoms with van der Waals surface area (Å²) in [4.78, 5) is 14.7. The number of thiophene rings is 1. The van der Waals surface area contributed by atoms with Crippen LogP contribution in [0.15, 0.2) is 16.4 Å². The minimum Gasteiger partial charge on any atom is -0.211 e. The fourth-order valence-corrected chi connectivity index (χ4v) is 2.25.